The Bertz CT molecular complexity index is 609. The van der Waals surface area contributed by atoms with Gasteiger partial charge in [0.15, 0.2) is 0 Å². The van der Waals surface area contributed by atoms with Gasteiger partial charge < -0.3 is 19.5 Å². The average molecular weight is 319 g/mol. The van der Waals surface area contributed by atoms with Gasteiger partial charge in [0, 0.05) is 38.3 Å². The van der Waals surface area contributed by atoms with Crippen LogP contribution in [0, 0.1) is 0 Å². The molecule has 2 saturated heterocycles. The third-order valence-corrected chi connectivity index (χ3v) is 5.16. The summed E-state index contributed by atoms with van der Waals surface area (Å²) in [6, 6.07) is 1.98. The van der Waals surface area contributed by atoms with E-state index in [4.69, 9.17) is 14.5 Å². The maximum Gasteiger partial charge on any atom is 0.411 e. The van der Waals surface area contributed by atoms with Gasteiger partial charge in [0.1, 0.15) is 0 Å². The van der Waals surface area contributed by atoms with Crippen molar-refractivity contribution in [2.45, 2.75) is 18.3 Å². The largest absolute Gasteiger partial charge is 0.465 e. The van der Waals surface area contributed by atoms with Gasteiger partial charge in [-0.15, -0.1) is 0 Å². The number of carbonyl (C=O) groups is 1. The van der Waals surface area contributed by atoms with Crippen molar-refractivity contribution in [3.63, 3.8) is 0 Å². The molecule has 1 aromatic heterocycles. The van der Waals surface area contributed by atoms with Crippen molar-refractivity contribution >= 4 is 17.5 Å². The molecule has 0 radical (unpaired) electrons. The fourth-order valence-corrected chi connectivity index (χ4v) is 3.84. The second-order valence-corrected chi connectivity index (χ2v) is 6.42. The molecule has 3 aliphatic heterocycles. The zero-order valence-electron chi connectivity index (χ0n) is 13.0. The van der Waals surface area contributed by atoms with Gasteiger partial charge in [0.05, 0.1) is 36.5 Å². The van der Waals surface area contributed by atoms with Crippen LogP contribution in [0.2, 0.25) is 0 Å². The maximum absolute atomic E-state index is 11.7. The Balaban J connectivity index is 1.72. The summed E-state index contributed by atoms with van der Waals surface area (Å²) in [5.41, 5.74) is 2.45. The molecule has 124 valence electrons. The van der Waals surface area contributed by atoms with Crippen LogP contribution < -0.4 is 9.80 Å². The number of amides is 1. The molecule has 1 amide bonds. The number of hydrogen-bond acceptors (Lipinski definition) is 5. The van der Waals surface area contributed by atoms with Gasteiger partial charge >= 0.3 is 6.09 Å². The Kier molecular flexibility index (Phi) is 3.61. The number of fused-ring (bicyclic) bond motifs is 2. The topological polar surface area (TPSA) is 75.1 Å². The van der Waals surface area contributed by atoms with E-state index in [0.717, 1.165) is 43.0 Å². The average Bonchev–Trinajstić information content (AvgIpc) is 2.90. The number of anilines is 2. The van der Waals surface area contributed by atoms with Crippen LogP contribution in [0.4, 0.5) is 16.2 Å². The highest BCUT2D eigenvalue weighted by Gasteiger charge is 2.47. The summed E-state index contributed by atoms with van der Waals surface area (Å²) in [5.74, 6) is 0. The molecule has 7 nitrogen and oxygen atoms in total. The monoisotopic (exact) mass is 319 g/mol. The lowest BCUT2D eigenvalue weighted by Crippen LogP contribution is -2.40. The lowest BCUT2D eigenvalue weighted by Gasteiger charge is -2.33. The Hall–Kier alpha value is -1.86. The number of nitrogens with zero attached hydrogens (tertiary/aromatic N) is 3. The Labute approximate surface area is 134 Å². The molecule has 0 bridgehead atoms. The van der Waals surface area contributed by atoms with E-state index in [9.17, 15) is 9.90 Å². The molecule has 0 saturated carbocycles. The predicted molar refractivity (Wildman–Crippen MR) is 84.4 cm³/mol. The number of aromatic nitrogens is 1. The lowest BCUT2D eigenvalue weighted by atomic mass is 9.78. The van der Waals surface area contributed by atoms with E-state index in [2.05, 4.69) is 4.90 Å². The van der Waals surface area contributed by atoms with Crippen molar-refractivity contribution in [1.82, 2.24) is 4.98 Å². The highest BCUT2D eigenvalue weighted by atomic mass is 16.5. The first-order valence-corrected chi connectivity index (χ1v) is 8.11. The smallest absolute Gasteiger partial charge is 0.411 e. The highest BCUT2D eigenvalue weighted by molar-refractivity contribution is 5.90. The fraction of sp³-hybridized carbons (Fsp3) is 0.625. The Morgan fingerprint density at radius 2 is 1.87 bits per heavy atom. The van der Waals surface area contributed by atoms with Gasteiger partial charge in [0.2, 0.25) is 0 Å². The maximum atomic E-state index is 11.7. The van der Waals surface area contributed by atoms with E-state index in [0.29, 0.717) is 33.0 Å². The van der Waals surface area contributed by atoms with Crippen LogP contribution in [-0.4, -0.2) is 62.2 Å². The number of hydrogen-bond donors (Lipinski definition) is 1. The Morgan fingerprint density at radius 3 is 2.57 bits per heavy atom. The van der Waals surface area contributed by atoms with Crippen LogP contribution in [-0.2, 0) is 14.9 Å². The minimum atomic E-state index is -0.907. The second kappa shape index (κ2) is 5.65. The van der Waals surface area contributed by atoms with Gasteiger partial charge in [-0.3, -0.25) is 9.88 Å². The Morgan fingerprint density at radius 1 is 1.17 bits per heavy atom. The van der Waals surface area contributed by atoms with E-state index in [1.807, 2.05) is 12.3 Å². The van der Waals surface area contributed by atoms with Crippen molar-refractivity contribution in [1.29, 1.82) is 0 Å². The molecule has 7 heteroatoms. The number of ether oxygens (including phenoxy) is 2. The van der Waals surface area contributed by atoms with Crippen LogP contribution in [0.15, 0.2) is 12.3 Å². The van der Waals surface area contributed by atoms with Gasteiger partial charge in [-0.25, -0.2) is 4.79 Å². The van der Waals surface area contributed by atoms with Gasteiger partial charge in [0.25, 0.3) is 0 Å². The van der Waals surface area contributed by atoms with E-state index < -0.39 is 6.09 Å². The summed E-state index contributed by atoms with van der Waals surface area (Å²) in [5, 5.41) is 9.61. The summed E-state index contributed by atoms with van der Waals surface area (Å²) in [4.78, 5) is 20.1. The van der Waals surface area contributed by atoms with E-state index >= 15 is 0 Å². The minimum Gasteiger partial charge on any atom is -0.465 e. The van der Waals surface area contributed by atoms with Crippen molar-refractivity contribution in [2.75, 3.05) is 55.9 Å². The van der Waals surface area contributed by atoms with Crippen molar-refractivity contribution < 1.29 is 19.4 Å². The van der Waals surface area contributed by atoms with Gasteiger partial charge in [-0.1, -0.05) is 0 Å². The number of pyridine rings is 1. The third kappa shape index (κ3) is 2.44. The summed E-state index contributed by atoms with van der Waals surface area (Å²) in [6.45, 7) is 4.83. The molecular formula is C16H21N3O4. The lowest BCUT2D eigenvalue weighted by molar-refractivity contribution is 0.0540. The molecule has 0 aromatic carbocycles. The molecule has 23 heavy (non-hydrogen) atoms. The molecule has 1 spiro atoms. The first kappa shape index (κ1) is 14.7. The van der Waals surface area contributed by atoms with Crippen molar-refractivity contribution in [3.05, 3.63) is 18.0 Å². The van der Waals surface area contributed by atoms with Crippen molar-refractivity contribution in [3.8, 4) is 0 Å². The standard InChI is InChI=1S/C16H21N3O4/c20-15(21)19-11-16(1-5-22-6-2-16)14-13(19)9-12(10-17-14)18-3-7-23-8-4-18/h9-10H,1-8,11H2,(H,20,21). The quantitative estimate of drug-likeness (QED) is 0.845. The zero-order chi connectivity index (χ0) is 15.9. The van der Waals surface area contributed by atoms with Crippen LogP contribution >= 0.6 is 0 Å². The molecule has 4 heterocycles. The van der Waals surface area contributed by atoms with Crippen LogP contribution in [0.1, 0.15) is 18.5 Å². The van der Waals surface area contributed by atoms with Crippen molar-refractivity contribution in [2.24, 2.45) is 0 Å². The predicted octanol–water partition coefficient (Wildman–Crippen LogP) is 1.46. The third-order valence-electron chi connectivity index (χ3n) is 5.16. The number of rotatable bonds is 1. The molecule has 0 atom stereocenters. The van der Waals surface area contributed by atoms with E-state index in [-0.39, 0.29) is 5.41 Å². The fourth-order valence-electron chi connectivity index (χ4n) is 3.84. The van der Waals surface area contributed by atoms with Crippen LogP contribution in [0.5, 0.6) is 0 Å². The summed E-state index contributed by atoms with van der Waals surface area (Å²) >= 11 is 0. The molecule has 1 aromatic rings. The first-order chi connectivity index (χ1) is 11.2. The molecule has 2 fully saturated rings. The normalized spacial score (nSPS) is 23.1. The summed E-state index contributed by atoms with van der Waals surface area (Å²) < 4.78 is 10.9. The summed E-state index contributed by atoms with van der Waals surface area (Å²) in [6.07, 6.45) is 2.63. The second-order valence-electron chi connectivity index (χ2n) is 6.42. The molecule has 0 aliphatic carbocycles. The molecule has 1 N–H and O–H groups in total. The number of morpholine rings is 1. The minimum absolute atomic E-state index is 0.185. The first-order valence-electron chi connectivity index (χ1n) is 8.11. The molecular weight excluding hydrogens is 298 g/mol. The van der Waals surface area contributed by atoms with Crippen LogP contribution in [0.25, 0.3) is 0 Å². The van der Waals surface area contributed by atoms with Crippen LogP contribution in [0.3, 0.4) is 0 Å². The zero-order valence-corrected chi connectivity index (χ0v) is 13.0. The van der Waals surface area contributed by atoms with Gasteiger partial charge in [-0.05, 0) is 18.9 Å². The van der Waals surface area contributed by atoms with E-state index in [1.54, 1.807) is 0 Å². The molecule has 0 unspecified atom stereocenters. The highest BCUT2D eigenvalue weighted by Crippen LogP contribution is 2.46. The SMILES string of the molecule is O=C(O)N1CC2(CCOCC2)c2ncc(N3CCOCC3)cc21. The summed E-state index contributed by atoms with van der Waals surface area (Å²) in [7, 11) is 0. The van der Waals surface area contributed by atoms with Gasteiger partial charge in [-0.2, -0.15) is 0 Å². The molecule has 3 aliphatic rings. The number of carboxylic acid groups (broad SMARTS) is 1. The molecule has 4 rings (SSSR count). The van der Waals surface area contributed by atoms with E-state index in [1.165, 1.54) is 4.90 Å².